The Balaban J connectivity index is 0.00000675. The molecule has 0 fully saturated rings. The molecule has 2 aromatic carbocycles. The summed E-state index contributed by atoms with van der Waals surface area (Å²) in [6, 6.07) is 4.97. The number of halogens is 7. The molecule has 240 valence electrons. The SMILES string of the molecule is COc1ccc(N)c(N(CCCc2c(Nc3cc(C(F)(F)F)c(F)cc3C(=O)O)ccc(F)c2F)C(=O)OC(C)(C)C)n1.Cl. The molecule has 4 N–H and O–H groups in total. The number of nitrogens with one attached hydrogen (secondary N) is 1. The molecule has 3 rings (SSSR count). The van der Waals surface area contributed by atoms with Crippen LogP contribution in [0.25, 0.3) is 0 Å². The van der Waals surface area contributed by atoms with Gasteiger partial charge in [0.1, 0.15) is 11.4 Å². The zero-order chi connectivity index (χ0) is 32.3. The molecule has 0 unspecified atom stereocenters. The van der Waals surface area contributed by atoms with Crippen LogP contribution in [0.15, 0.2) is 36.4 Å². The molecule has 3 aromatic rings. The van der Waals surface area contributed by atoms with Gasteiger partial charge in [-0.3, -0.25) is 4.90 Å². The number of rotatable bonds is 9. The zero-order valence-electron chi connectivity index (χ0n) is 23.8. The summed E-state index contributed by atoms with van der Waals surface area (Å²) in [4.78, 5) is 30.0. The molecule has 1 heterocycles. The van der Waals surface area contributed by atoms with E-state index in [1.165, 1.54) is 19.2 Å². The van der Waals surface area contributed by atoms with Gasteiger partial charge in [-0.05, 0) is 63.9 Å². The number of carbonyl (C=O) groups is 2. The van der Waals surface area contributed by atoms with Crippen molar-refractivity contribution in [2.75, 3.05) is 29.6 Å². The number of anilines is 4. The van der Waals surface area contributed by atoms with E-state index in [9.17, 15) is 36.6 Å². The summed E-state index contributed by atoms with van der Waals surface area (Å²) in [6.07, 6.45) is -6.44. The topological polar surface area (TPSA) is 127 Å². The Morgan fingerprint density at radius 2 is 1.68 bits per heavy atom. The summed E-state index contributed by atoms with van der Waals surface area (Å²) in [5, 5.41) is 11.8. The van der Waals surface area contributed by atoms with Crippen LogP contribution in [-0.4, -0.2) is 41.4 Å². The second-order valence-corrected chi connectivity index (χ2v) is 10.2. The van der Waals surface area contributed by atoms with E-state index in [-0.39, 0.29) is 72.6 Å². The highest BCUT2D eigenvalue weighted by atomic mass is 35.5. The van der Waals surface area contributed by atoms with Crippen molar-refractivity contribution in [2.24, 2.45) is 0 Å². The molecule has 16 heteroatoms. The molecule has 9 nitrogen and oxygen atoms in total. The van der Waals surface area contributed by atoms with Crippen LogP contribution in [0.2, 0.25) is 0 Å². The highest BCUT2D eigenvalue weighted by Gasteiger charge is 2.36. The second-order valence-electron chi connectivity index (χ2n) is 10.2. The van der Waals surface area contributed by atoms with Gasteiger partial charge in [0.15, 0.2) is 17.5 Å². The maximum atomic E-state index is 15.0. The van der Waals surface area contributed by atoms with Gasteiger partial charge in [0.05, 0.1) is 29.6 Å². The minimum absolute atomic E-state index is 0. The van der Waals surface area contributed by atoms with Crippen LogP contribution in [0.4, 0.5) is 54.0 Å². The number of carboxylic acid groups (broad SMARTS) is 1. The van der Waals surface area contributed by atoms with E-state index in [4.69, 9.17) is 15.2 Å². The van der Waals surface area contributed by atoms with Crippen LogP contribution in [0.3, 0.4) is 0 Å². The lowest BCUT2D eigenvalue weighted by Gasteiger charge is -2.27. The molecule has 1 amide bonds. The third kappa shape index (κ3) is 8.58. The van der Waals surface area contributed by atoms with Crippen molar-refractivity contribution in [3.63, 3.8) is 0 Å². The average Bonchev–Trinajstić information content (AvgIpc) is 2.89. The third-order valence-corrected chi connectivity index (χ3v) is 5.88. The largest absolute Gasteiger partial charge is 0.481 e. The quantitative estimate of drug-likeness (QED) is 0.205. The number of methoxy groups -OCH3 is 1. The Labute approximate surface area is 254 Å². The zero-order valence-corrected chi connectivity index (χ0v) is 24.6. The highest BCUT2D eigenvalue weighted by Crippen LogP contribution is 2.37. The Kier molecular flexibility index (Phi) is 11.3. The summed E-state index contributed by atoms with van der Waals surface area (Å²) in [5.41, 5.74) is 1.15. The maximum absolute atomic E-state index is 15.0. The number of carboxylic acids is 1. The first kappa shape index (κ1) is 35.8. The third-order valence-electron chi connectivity index (χ3n) is 5.88. The minimum atomic E-state index is -5.17. The lowest BCUT2D eigenvalue weighted by Crippen LogP contribution is -2.38. The maximum Gasteiger partial charge on any atom is 0.419 e. The van der Waals surface area contributed by atoms with Gasteiger partial charge in [0.2, 0.25) is 5.88 Å². The summed E-state index contributed by atoms with van der Waals surface area (Å²) in [7, 11) is 1.34. The van der Waals surface area contributed by atoms with Crippen molar-refractivity contribution in [3.05, 3.63) is 70.5 Å². The summed E-state index contributed by atoms with van der Waals surface area (Å²) < 4.78 is 93.9. The molecule has 0 atom stereocenters. The molecule has 44 heavy (non-hydrogen) atoms. The number of ether oxygens (including phenoxy) is 2. The number of nitrogens with two attached hydrogens (primary N) is 1. The monoisotopic (exact) mass is 650 g/mol. The average molecular weight is 651 g/mol. The standard InChI is InChI=1S/C28H28F6N4O5.ClH/c1-27(2,3)43-26(41)38(24-19(35)8-10-22(37-24)42-4)11-5-6-14-20(9-7-17(29)23(14)31)36-21-13-16(28(32,33)34)18(30)12-15(21)25(39)40;/h7-10,12-13,36H,5-6,11,35H2,1-4H3,(H,39,40);1H. The van der Waals surface area contributed by atoms with E-state index in [1.807, 2.05) is 0 Å². The van der Waals surface area contributed by atoms with Crippen molar-refractivity contribution in [2.45, 2.75) is 45.4 Å². The predicted octanol–water partition coefficient (Wildman–Crippen LogP) is 7.35. The number of pyridine rings is 1. The molecule has 0 saturated carbocycles. The first-order chi connectivity index (χ1) is 19.9. The van der Waals surface area contributed by atoms with E-state index in [2.05, 4.69) is 10.3 Å². The number of aromatic carboxylic acids is 1. The number of aromatic nitrogens is 1. The van der Waals surface area contributed by atoms with E-state index in [1.54, 1.807) is 20.8 Å². The lowest BCUT2D eigenvalue weighted by molar-refractivity contribution is -0.139. The van der Waals surface area contributed by atoms with Crippen LogP contribution in [0.5, 0.6) is 5.88 Å². The molecule has 0 radical (unpaired) electrons. The van der Waals surface area contributed by atoms with Gasteiger partial charge >= 0.3 is 18.2 Å². The van der Waals surface area contributed by atoms with Gasteiger partial charge in [-0.2, -0.15) is 18.2 Å². The first-order valence-corrected chi connectivity index (χ1v) is 12.6. The van der Waals surface area contributed by atoms with E-state index in [0.29, 0.717) is 6.07 Å². The number of carbonyl (C=O) groups excluding carboxylic acids is 1. The molecule has 0 saturated heterocycles. The van der Waals surface area contributed by atoms with Gasteiger partial charge in [0.25, 0.3) is 0 Å². The molecule has 0 aliphatic carbocycles. The van der Waals surface area contributed by atoms with Crippen molar-refractivity contribution >= 4 is 47.3 Å². The summed E-state index contributed by atoms with van der Waals surface area (Å²) >= 11 is 0. The number of hydrogen-bond acceptors (Lipinski definition) is 7. The van der Waals surface area contributed by atoms with Crippen LogP contribution in [0, 0.1) is 17.5 Å². The van der Waals surface area contributed by atoms with E-state index in [0.717, 1.165) is 11.0 Å². The predicted molar refractivity (Wildman–Crippen MR) is 152 cm³/mol. The van der Waals surface area contributed by atoms with E-state index < -0.39 is 58.1 Å². The number of nitrogen functional groups attached to an aromatic ring is 1. The highest BCUT2D eigenvalue weighted by molar-refractivity contribution is 5.95. The lowest BCUT2D eigenvalue weighted by atomic mass is 10.0. The fraction of sp³-hybridized carbons (Fsp3) is 0.321. The number of benzene rings is 2. The Morgan fingerprint density at radius 3 is 2.25 bits per heavy atom. The molecular formula is C28H29ClF6N4O5. The fourth-order valence-electron chi connectivity index (χ4n) is 3.96. The Bertz CT molecular complexity index is 1530. The van der Waals surface area contributed by atoms with Gasteiger partial charge in [0, 0.05) is 23.9 Å². The normalized spacial score (nSPS) is 11.4. The van der Waals surface area contributed by atoms with Crippen LogP contribution in [-0.2, 0) is 17.3 Å². The number of hydrogen-bond donors (Lipinski definition) is 3. The van der Waals surface area contributed by atoms with Crippen LogP contribution >= 0.6 is 12.4 Å². The molecular weight excluding hydrogens is 622 g/mol. The fourth-order valence-corrected chi connectivity index (χ4v) is 3.96. The smallest absolute Gasteiger partial charge is 0.419 e. The molecule has 0 spiro atoms. The molecule has 0 aliphatic rings. The van der Waals surface area contributed by atoms with Crippen molar-refractivity contribution in [1.82, 2.24) is 4.98 Å². The summed E-state index contributed by atoms with van der Waals surface area (Å²) in [5.74, 6) is -6.18. The number of alkyl halides is 3. The van der Waals surface area contributed by atoms with Gasteiger partial charge in [-0.1, -0.05) is 0 Å². The van der Waals surface area contributed by atoms with Crippen molar-refractivity contribution < 1.29 is 50.5 Å². The first-order valence-electron chi connectivity index (χ1n) is 12.6. The Hall–Kier alpha value is -4.40. The van der Waals surface area contributed by atoms with Gasteiger partial charge in [-0.15, -0.1) is 12.4 Å². The molecule has 1 aromatic heterocycles. The minimum Gasteiger partial charge on any atom is -0.481 e. The Morgan fingerprint density at radius 1 is 1.02 bits per heavy atom. The second kappa shape index (κ2) is 13.9. The van der Waals surface area contributed by atoms with Crippen molar-refractivity contribution in [3.8, 4) is 5.88 Å². The molecule has 0 bridgehead atoms. The number of amides is 1. The number of nitrogens with zero attached hydrogens (tertiary/aromatic N) is 2. The summed E-state index contributed by atoms with van der Waals surface area (Å²) in [6.45, 7) is 4.66. The van der Waals surface area contributed by atoms with Crippen LogP contribution < -0.4 is 20.7 Å². The van der Waals surface area contributed by atoms with Gasteiger partial charge in [-0.25, -0.2) is 22.8 Å². The van der Waals surface area contributed by atoms with E-state index >= 15 is 4.39 Å². The van der Waals surface area contributed by atoms with Gasteiger partial charge < -0.3 is 25.6 Å². The van der Waals surface area contributed by atoms with Crippen LogP contribution in [0.1, 0.15) is 48.7 Å². The van der Waals surface area contributed by atoms with Crippen molar-refractivity contribution in [1.29, 1.82) is 0 Å². The molecule has 0 aliphatic heterocycles.